The van der Waals surface area contributed by atoms with E-state index in [1.165, 1.54) is 36.3 Å². The van der Waals surface area contributed by atoms with Crippen molar-refractivity contribution in [3.05, 3.63) is 71.8 Å². The van der Waals surface area contributed by atoms with Gasteiger partial charge < -0.3 is 10.2 Å². The predicted octanol–water partition coefficient (Wildman–Crippen LogP) is 4.21. The Hall–Kier alpha value is -2.06. The van der Waals surface area contributed by atoms with Crippen molar-refractivity contribution in [1.29, 1.82) is 0 Å². The molecule has 1 atom stereocenters. The molecule has 2 heteroatoms. The van der Waals surface area contributed by atoms with Gasteiger partial charge in [0.2, 0.25) is 0 Å². The fraction of sp³-hybridized carbons (Fsp3) is 0.333. The molecule has 1 saturated heterocycles. The Labute approximate surface area is 139 Å². The van der Waals surface area contributed by atoms with Crippen molar-refractivity contribution in [3.8, 4) is 0 Å². The van der Waals surface area contributed by atoms with Crippen molar-refractivity contribution in [2.45, 2.75) is 13.3 Å². The fourth-order valence-corrected chi connectivity index (χ4v) is 3.23. The second kappa shape index (κ2) is 7.98. The summed E-state index contributed by atoms with van der Waals surface area (Å²) in [6.45, 7) is 6.61. The van der Waals surface area contributed by atoms with E-state index in [9.17, 15) is 0 Å². The molecule has 0 amide bonds. The van der Waals surface area contributed by atoms with Crippen LogP contribution in [0.25, 0.3) is 6.08 Å². The highest BCUT2D eigenvalue weighted by Gasteiger charge is 2.21. The molecule has 3 rings (SSSR count). The van der Waals surface area contributed by atoms with E-state index >= 15 is 0 Å². The lowest BCUT2D eigenvalue weighted by atomic mass is 10.1. The van der Waals surface area contributed by atoms with E-state index in [1.54, 1.807) is 0 Å². The van der Waals surface area contributed by atoms with E-state index in [4.69, 9.17) is 0 Å². The normalized spacial score (nSPS) is 18.4. The lowest BCUT2D eigenvalue weighted by Crippen LogP contribution is -2.27. The molecule has 23 heavy (non-hydrogen) atoms. The minimum absolute atomic E-state index is 0.750. The third-order valence-corrected chi connectivity index (χ3v) is 4.46. The Kier molecular flexibility index (Phi) is 5.49. The van der Waals surface area contributed by atoms with Gasteiger partial charge in [0.25, 0.3) is 0 Å². The Balaban J connectivity index is 1.42. The second-order valence-electron chi connectivity index (χ2n) is 6.47. The molecular weight excluding hydrogens is 280 g/mol. The molecule has 2 nitrogen and oxygen atoms in total. The summed E-state index contributed by atoms with van der Waals surface area (Å²) >= 11 is 0. The number of para-hydroxylation sites is 1. The minimum Gasteiger partial charge on any atom is -0.371 e. The summed E-state index contributed by atoms with van der Waals surface area (Å²) in [6, 6.07) is 21.3. The summed E-state index contributed by atoms with van der Waals surface area (Å²) in [6.07, 6.45) is 3.54. The molecular formula is C21H26N2. The van der Waals surface area contributed by atoms with Gasteiger partial charge >= 0.3 is 0 Å². The molecule has 0 aliphatic carbocycles. The first-order chi connectivity index (χ1) is 11.3. The van der Waals surface area contributed by atoms with Crippen molar-refractivity contribution in [1.82, 2.24) is 5.32 Å². The van der Waals surface area contributed by atoms with Crippen LogP contribution in [-0.2, 0) is 0 Å². The topological polar surface area (TPSA) is 15.3 Å². The van der Waals surface area contributed by atoms with Gasteiger partial charge in [-0.25, -0.2) is 0 Å². The monoisotopic (exact) mass is 306 g/mol. The molecule has 120 valence electrons. The standard InChI is InChI=1S/C21H26N2/c1-18(14-19-8-4-2-5-9-19)15-22-16-20-12-13-23(17-20)21-10-6-3-7-11-21/h2-11,14,20,22H,12-13,15-17H2,1H3/b18-14-. The molecule has 1 aliphatic rings. The van der Waals surface area contributed by atoms with Gasteiger partial charge in [-0.2, -0.15) is 0 Å². The maximum atomic E-state index is 3.62. The number of nitrogens with one attached hydrogen (secondary N) is 1. The van der Waals surface area contributed by atoms with Crippen LogP contribution >= 0.6 is 0 Å². The Morgan fingerprint density at radius 3 is 2.52 bits per heavy atom. The van der Waals surface area contributed by atoms with E-state index in [-0.39, 0.29) is 0 Å². The van der Waals surface area contributed by atoms with Gasteiger partial charge in [-0.3, -0.25) is 0 Å². The zero-order valence-electron chi connectivity index (χ0n) is 13.9. The molecule has 0 saturated carbocycles. The number of rotatable bonds is 6. The molecule has 1 fully saturated rings. The Morgan fingerprint density at radius 2 is 1.78 bits per heavy atom. The molecule has 1 heterocycles. The highest BCUT2D eigenvalue weighted by Crippen LogP contribution is 2.22. The maximum Gasteiger partial charge on any atom is 0.0366 e. The molecule has 1 unspecified atom stereocenters. The highest BCUT2D eigenvalue weighted by atomic mass is 15.2. The zero-order valence-corrected chi connectivity index (χ0v) is 13.9. The molecule has 0 bridgehead atoms. The number of nitrogens with zero attached hydrogens (tertiary/aromatic N) is 1. The number of benzene rings is 2. The SMILES string of the molecule is C/C(=C/c1ccccc1)CNCC1CCN(c2ccccc2)C1. The van der Waals surface area contributed by atoms with Gasteiger partial charge in [0, 0.05) is 31.9 Å². The van der Waals surface area contributed by atoms with E-state index < -0.39 is 0 Å². The van der Waals surface area contributed by atoms with Gasteiger partial charge in [0.1, 0.15) is 0 Å². The van der Waals surface area contributed by atoms with Gasteiger partial charge in [-0.1, -0.05) is 60.2 Å². The molecule has 2 aromatic rings. The minimum atomic E-state index is 0.750. The van der Waals surface area contributed by atoms with Crippen LogP contribution in [-0.4, -0.2) is 26.2 Å². The first-order valence-electron chi connectivity index (χ1n) is 8.54. The van der Waals surface area contributed by atoms with Crippen LogP contribution in [0, 0.1) is 5.92 Å². The third kappa shape index (κ3) is 4.70. The fourth-order valence-electron chi connectivity index (χ4n) is 3.23. The van der Waals surface area contributed by atoms with Gasteiger partial charge in [-0.05, 0) is 37.0 Å². The lowest BCUT2D eigenvalue weighted by Gasteiger charge is -2.18. The molecule has 0 aromatic heterocycles. The largest absolute Gasteiger partial charge is 0.371 e. The number of hydrogen-bond donors (Lipinski definition) is 1. The molecule has 2 aromatic carbocycles. The van der Waals surface area contributed by atoms with Crippen molar-refractivity contribution in [2.75, 3.05) is 31.1 Å². The lowest BCUT2D eigenvalue weighted by molar-refractivity contribution is 0.532. The number of anilines is 1. The first-order valence-corrected chi connectivity index (χ1v) is 8.54. The van der Waals surface area contributed by atoms with Crippen LogP contribution in [0.15, 0.2) is 66.2 Å². The van der Waals surface area contributed by atoms with Crippen molar-refractivity contribution in [2.24, 2.45) is 5.92 Å². The maximum absolute atomic E-state index is 3.62. The summed E-state index contributed by atoms with van der Waals surface area (Å²) in [4.78, 5) is 2.50. The average molecular weight is 306 g/mol. The molecule has 1 N–H and O–H groups in total. The Bertz CT molecular complexity index is 619. The summed E-state index contributed by atoms with van der Waals surface area (Å²) in [5.74, 6) is 0.750. The first kappa shape index (κ1) is 15.8. The predicted molar refractivity (Wildman–Crippen MR) is 99.7 cm³/mol. The van der Waals surface area contributed by atoms with Crippen LogP contribution in [0.5, 0.6) is 0 Å². The van der Waals surface area contributed by atoms with Crippen LogP contribution in [0.3, 0.4) is 0 Å². The summed E-state index contributed by atoms with van der Waals surface area (Å²) in [5.41, 5.74) is 4.02. The summed E-state index contributed by atoms with van der Waals surface area (Å²) in [7, 11) is 0. The quantitative estimate of drug-likeness (QED) is 0.860. The van der Waals surface area contributed by atoms with Gasteiger partial charge in [-0.15, -0.1) is 0 Å². The van der Waals surface area contributed by atoms with Crippen LogP contribution in [0.4, 0.5) is 5.69 Å². The van der Waals surface area contributed by atoms with Crippen LogP contribution in [0.1, 0.15) is 18.9 Å². The van der Waals surface area contributed by atoms with Crippen molar-refractivity contribution >= 4 is 11.8 Å². The molecule has 0 spiro atoms. The summed E-state index contributed by atoms with van der Waals surface area (Å²) in [5, 5.41) is 3.62. The van der Waals surface area contributed by atoms with E-state index in [2.05, 4.69) is 83.9 Å². The average Bonchev–Trinajstić information content (AvgIpc) is 3.05. The van der Waals surface area contributed by atoms with E-state index in [0.29, 0.717) is 0 Å². The second-order valence-corrected chi connectivity index (χ2v) is 6.47. The highest BCUT2D eigenvalue weighted by molar-refractivity contribution is 5.52. The number of hydrogen-bond acceptors (Lipinski definition) is 2. The summed E-state index contributed by atoms with van der Waals surface area (Å²) < 4.78 is 0. The Morgan fingerprint density at radius 1 is 1.09 bits per heavy atom. The van der Waals surface area contributed by atoms with Crippen LogP contribution < -0.4 is 10.2 Å². The van der Waals surface area contributed by atoms with E-state index in [1.807, 2.05) is 0 Å². The van der Waals surface area contributed by atoms with E-state index in [0.717, 1.165) is 19.0 Å². The zero-order chi connectivity index (χ0) is 15.9. The van der Waals surface area contributed by atoms with Crippen molar-refractivity contribution < 1.29 is 0 Å². The third-order valence-electron chi connectivity index (χ3n) is 4.46. The van der Waals surface area contributed by atoms with Gasteiger partial charge in [0.05, 0.1) is 0 Å². The van der Waals surface area contributed by atoms with Gasteiger partial charge in [0.15, 0.2) is 0 Å². The molecule has 0 radical (unpaired) electrons. The molecule has 1 aliphatic heterocycles. The smallest absolute Gasteiger partial charge is 0.0366 e. The van der Waals surface area contributed by atoms with Crippen molar-refractivity contribution in [3.63, 3.8) is 0 Å². The van der Waals surface area contributed by atoms with Crippen LogP contribution in [0.2, 0.25) is 0 Å².